The highest BCUT2D eigenvalue weighted by molar-refractivity contribution is 7.80. The quantitative estimate of drug-likeness (QED) is 0.262. The summed E-state index contributed by atoms with van der Waals surface area (Å²) in [5, 5.41) is 14.5. The maximum absolute atomic E-state index is 12.5. The number of nitrogens with zero attached hydrogens (tertiary/aromatic N) is 6. The Morgan fingerprint density at radius 3 is 2.70 bits per heavy atom. The summed E-state index contributed by atoms with van der Waals surface area (Å²) in [4.78, 5) is 38.3. The van der Waals surface area contributed by atoms with Crippen LogP contribution in [0.1, 0.15) is 25.3 Å². The first-order valence-corrected chi connectivity index (χ1v) is 10.4. The number of carbonyl (C=O) groups excluding carboxylic acids is 3. The molecule has 4 amide bonds. The number of piperidine rings is 1. The molecule has 30 heavy (non-hydrogen) atoms. The molecule has 3 saturated heterocycles. The zero-order chi connectivity index (χ0) is 21.5. The highest BCUT2D eigenvalue weighted by Crippen LogP contribution is 2.30. The third-order valence-electron chi connectivity index (χ3n) is 5.27. The fourth-order valence-corrected chi connectivity index (χ4v) is 4.24. The van der Waals surface area contributed by atoms with Crippen LogP contribution in [0.2, 0.25) is 0 Å². The predicted octanol–water partition coefficient (Wildman–Crippen LogP) is -3.27. The average Bonchev–Trinajstić information content (AvgIpc) is 3.43. The third-order valence-corrected chi connectivity index (χ3v) is 5.62. The van der Waals surface area contributed by atoms with Gasteiger partial charge in [0.15, 0.2) is 0 Å². The number of carbonyl (C=O) groups is 3. The van der Waals surface area contributed by atoms with Gasteiger partial charge in [0.25, 0.3) is 11.8 Å². The summed E-state index contributed by atoms with van der Waals surface area (Å²) >= 11 is 0. The molecule has 164 valence electrons. The molecule has 0 aliphatic carbocycles. The van der Waals surface area contributed by atoms with E-state index < -0.39 is 46.4 Å². The number of aromatic nitrogens is 4. The van der Waals surface area contributed by atoms with Crippen molar-refractivity contribution in [1.29, 1.82) is 0 Å². The monoisotopic (exact) mass is 445 g/mol. The first-order valence-electron chi connectivity index (χ1n) is 9.05. The minimum absolute atomic E-state index is 0.0538. The summed E-state index contributed by atoms with van der Waals surface area (Å²) in [6, 6.07) is -3.05. The number of hydroxylamine groups is 2. The van der Waals surface area contributed by atoms with Crippen molar-refractivity contribution in [3.05, 3.63) is 6.33 Å². The van der Waals surface area contributed by atoms with E-state index in [0.29, 0.717) is 18.0 Å². The third kappa shape index (κ3) is 4.04. The van der Waals surface area contributed by atoms with E-state index in [2.05, 4.69) is 36.0 Å². The molecule has 2 bridgehead atoms. The molecule has 1 aromatic rings. The number of nitrogens with one attached hydrogen (secondary N) is 3. The van der Waals surface area contributed by atoms with Crippen LogP contribution in [-0.2, 0) is 24.3 Å². The molecule has 1 aromatic heterocycles. The normalized spacial score (nSPS) is 28.6. The Bertz CT molecular complexity index is 939. The first kappa shape index (κ1) is 20.4. The number of hydrazine groups is 1. The summed E-state index contributed by atoms with van der Waals surface area (Å²) in [6.07, 6.45) is 2.38. The van der Waals surface area contributed by atoms with Gasteiger partial charge in [0.2, 0.25) is 0 Å². The summed E-state index contributed by atoms with van der Waals surface area (Å²) in [6.45, 7) is 0.533. The van der Waals surface area contributed by atoms with Gasteiger partial charge in [-0.15, -0.1) is 9.38 Å². The molecule has 0 aromatic carbocycles. The van der Waals surface area contributed by atoms with E-state index in [4.69, 9.17) is 4.55 Å². The van der Waals surface area contributed by atoms with E-state index in [1.54, 1.807) is 0 Å². The van der Waals surface area contributed by atoms with E-state index in [0.717, 1.165) is 4.90 Å². The number of amides is 4. The van der Waals surface area contributed by atoms with Crippen LogP contribution < -0.4 is 16.2 Å². The molecule has 4 rings (SSSR count). The van der Waals surface area contributed by atoms with Crippen molar-refractivity contribution in [3.8, 4) is 0 Å². The Labute approximate surface area is 169 Å². The lowest BCUT2D eigenvalue weighted by Crippen LogP contribution is -2.56. The highest BCUT2D eigenvalue weighted by Gasteiger charge is 2.49. The van der Waals surface area contributed by atoms with Gasteiger partial charge in [-0.3, -0.25) is 25.0 Å². The predicted molar refractivity (Wildman–Crippen MR) is 92.9 cm³/mol. The van der Waals surface area contributed by atoms with Crippen LogP contribution in [0.15, 0.2) is 6.33 Å². The molecule has 3 fully saturated rings. The van der Waals surface area contributed by atoms with Gasteiger partial charge in [0.05, 0.1) is 18.1 Å². The zero-order valence-corrected chi connectivity index (χ0v) is 16.2. The van der Waals surface area contributed by atoms with Crippen LogP contribution >= 0.6 is 0 Å². The number of hydrogen-bond donors (Lipinski definition) is 4. The van der Waals surface area contributed by atoms with E-state index >= 15 is 0 Å². The van der Waals surface area contributed by atoms with Gasteiger partial charge in [-0.2, -0.15) is 13.5 Å². The molecule has 17 heteroatoms. The number of urea groups is 1. The van der Waals surface area contributed by atoms with Crippen LogP contribution in [0.4, 0.5) is 4.79 Å². The second-order valence-electron chi connectivity index (χ2n) is 7.13. The van der Waals surface area contributed by atoms with Crippen LogP contribution in [0, 0.1) is 0 Å². The van der Waals surface area contributed by atoms with Crippen molar-refractivity contribution >= 4 is 28.2 Å². The van der Waals surface area contributed by atoms with Crippen LogP contribution in [-0.4, -0.2) is 92.2 Å². The molecular formula is C13H19N9O7S. The molecule has 0 unspecified atom stereocenters. The zero-order valence-electron chi connectivity index (χ0n) is 15.4. The molecule has 4 atom stereocenters. The Balaban J connectivity index is 1.29. The number of rotatable bonds is 5. The van der Waals surface area contributed by atoms with E-state index in [9.17, 15) is 22.8 Å². The average molecular weight is 445 g/mol. The number of tetrazole rings is 1. The molecule has 0 saturated carbocycles. The van der Waals surface area contributed by atoms with Crippen molar-refractivity contribution in [3.63, 3.8) is 0 Å². The Morgan fingerprint density at radius 2 is 2.00 bits per heavy atom. The van der Waals surface area contributed by atoms with E-state index in [1.807, 2.05) is 0 Å². The standard InChI is InChI=1S/C13H19N9O7S/c23-11(9-3-8(4-14-9)21-6-15-18-19-21)16-17-12(24)10-2-1-7-5-20(10)13(25)22(7)29-30(26,27)28/h6-10,14H,1-5H2,(H,16,23)(H,17,24)(H,26,27,28)/t7-,8+,9+,10+/m1/s1. The minimum Gasteiger partial charge on any atom is -0.309 e. The second-order valence-corrected chi connectivity index (χ2v) is 8.13. The molecule has 16 nitrogen and oxygen atoms in total. The smallest absolute Gasteiger partial charge is 0.309 e. The largest absolute Gasteiger partial charge is 0.418 e. The lowest BCUT2D eigenvalue weighted by molar-refractivity contribution is -0.132. The van der Waals surface area contributed by atoms with Crippen LogP contribution in [0.3, 0.4) is 0 Å². The van der Waals surface area contributed by atoms with Crippen molar-refractivity contribution in [2.45, 2.75) is 43.4 Å². The molecule has 0 spiro atoms. The van der Waals surface area contributed by atoms with Gasteiger partial charge in [-0.05, 0) is 29.7 Å². The van der Waals surface area contributed by atoms with E-state index in [1.165, 1.54) is 11.0 Å². The summed E-state index contributed by atoms with van der Waals surface area (Å²) in [5.41, 5.74) is 4.63. The van der Waals surface area contributed by atoms with E-state index in [-0.39, 0.29) is 25.4 Å². The lowest BCUT2D eigenvalue weighted by Gasteiger charge is -2.29. The van der Waals surface area contributed by atoms with Gasteiger partial charge in [-0.25, -0.2) is 9.48 Å². The minimum atomic E-state index is -4.87. The van der Waals surface area contributed by atoms with Gasteiger partial charge >= 0.3 is 16.4 Å². The molecular weight excluding hydrogens is 426 g/mol. The van der Waals surface area contributed by atoms with Gasteiger partial charge in [-0.1, -0.05) is 0 Å². The fraction of sp³-hybridized carbons (Fsp3) is 0.692. The fourth-order valence-electron chi connectivity index (χ4n) is 3.85. The maximum atomic E-state index is 12.5. The van der Waals surface area contributed by atoms with Crippen molar-refractivity contribution in [1.82, 2.24) is 46.3 Å². The summed E-state index contributed by atoms with van der Waals surface area (Å²) in [7, 11) is -4.87. The van der Waals surface area contributed by atoms with Crippen LogP contribution in [0.5, 0.6) is 0 Å². The Morgan fingerprint density at radius 1 is 1.23 bits per heavy atom. The van der Waals surface area contributed by atoms with Gasteiger partial charge in [0.1, 0.15) is 12.4 Å². The number of hydrogen-bond acceptors (Lipinski definition) is 10. The van der Waals surface area contributed by atoms with Gasteiger partial charge in [0, 0.05) is 13.1 Å². The molecule has 0 radical (unpaired) electrons. The SMILES string of the molecule is O=C(NNC(=O)[C@@H]1CC[C@@H]2CN1C(=O)N2OS(=O)(=O)O)[C@@H]1C[C@H](n2cnnn2)CN1. The topological polar surface area (TPSA) is 201 Å². The number of fused-ring (bicyclic) bond motifs is 2. The Hall–Kier alpha value is -2.89. The van der Waals surface area contributed by atoms with Crippen LogP contribution in [0.25, 0.3) is 0 Å². The molecule has 4 heterocycles. The maximum Gasteiger partial charge on any atom is 0.418 e. The van der Waals surface area contributed by atoms with Gasteiger partial charge < -0.3 is 10.2 Å². The first-order chi connectivity index (χ1) is 14.2. The summed E-state index contributed by atoms with van der Waals surface area (Å²) in [5.74, 6) is -1.09. The molecule has 4 N–H and O–H groups in total. The van der Waals surface area contributed by atoms with Crippen molar-refractivity contribution in [2.24, 2.45) is 0 Å². The van der Waals surface area contributed by atoms with Crippen molar-refractivity contribution < 1.29 is 31.6 Å². The second kappa shape index (κ2) is 7.74. The molecule has 3 aliphatic rings. The molecule has 3 aliphatic heterocycles. The Kier molecular flexibility index (Phi) is 5.26. The van der Waals surface area contributed by atoms with Crippen molar-refractivity contribution in [2.75, 3.05) is 13.1 Å². The summed E-state index contributed by atoms with van der Waals surface area (Å²) < 4.78 is 36.5. The lowest BCUT2D eigenvalue weighted by atomic mass is 10.0. The highest BCUT2D eigenvalue weighted by atomic mass is 32.3.